The second kappa shape index (κ2) is 20.3. The van der Waals surface area contributed by atoms with Gasteiger partial charge in [-0.15, -0.1) is 49.2 Å². The molecule has 0 radical (unpaired) electrons. The SMILES string of the molecule is C1C[SiH2][SiH2]C1.CC1(C)C[SiH2][Si](C)(C)N1c1ccc(F)[c-]c1F.CC1(C)C[SiH2][Si](C)(C)N1c1ccc(F)[c-]c1F.[C-]1=CC=CC1.[C-]1=CC=CC1.[Ti+4]. The van der Waals surface area contributed by atoms with Gasteiger partial charge >= 0.3 is 21.7 Å². The Labute approximate surface area is 326 Å². The zero-order valence-corrected chi connectivity index (χ0v) is 40.7. The third-order valence-electron chi connectivity index (χ3n) is 9.71. The molecule has 3 aliphatic heterocycles. The number of benzene rings is 2. The Morgan fingerprint density at radius 3 is 1.22 bits per heavy atom. The Morgan fingerprint density at radius 1 is 0.640 bits per heavy atom. The minimum atomic E-state index is -1.50. The number of anilines is 2. The molecule has 5 aliphatic rings. The number of nitrogens with zero attached hydrogens (tertiary/aromatic N) is 2. The van der Waals surface area contributed by atoms with Gasteiger partial charge in [0.15, 0.2) is 0 Å². The molecule has 7 rings (SSSR count). The Kier molecular flexibility index (Phi) is 18.2. The summed E-state index contributed by atoms with van der Waals surface area (Å²) in [7, 11) is -1.96. The maximum absolute atomic E-state index is 13.9. The Morgan fingerprint density at radius 2 is 1.02 bits per heavy atom. The number of halogens is 4. The first kappa shape index (κ1) is 44.9. The fourth-order valence-corrected chi connectivity index (χ4v) is 35.7. The van der Waals surface area contributed by atoms with Crippen LogP contribution in [0.25, 0.3) is 0 Å². The zero-order chi connectivity index (χ0) is 36.3. The van der Waals surface area contributed by atoms with Gasteiger partial charge < -0.3 is 9.13 Å². The van der Waals surface area contributed by atoms with Crippen LogP contribution in [-0.4, -0.2) is 62.7 Å². The monoisotopic (exact) mass is 820 g/mol. The predicted octanol–water partition coefficient (Wildman–Crippen LogP) is 7.39. The summed E-state index contributed by atoms with van der Waals surface area (Å²) in [6, 6.07) is 15.8. The third-order valence-corrected chi connectivity index (χ3v) is 37.0. The molecule has 0 aromatic heterocycles. The van der Waals surface area contributed by atoms with Gasteiger partial charge in [-0.05, 0) is 51.2 Å². The molecule has 13 heteroatoms. The summed E-state index contributed by atoms with van der Waals surface area (Å²) in [6.07, 6.45) is 21.6. The number of allylic oxidation sites excluding steroid dienone is 8. The Hall–Kier alpha value is -1.26. The second-order valence-corrected chi connectivity index (χ2v) is 46.3. The molecule has 2 aromatic carbocycles. The first-order valence-corrected chi connectivity index (χ1v) is 36.3. The van der Waals surface area contributed by atoms with Crippen molar-refractivity contribution in [3.8, 4) is 0 Å². The Balaban J connectivity index is 0.000000242. The maximum atomic E-state index is 13.9. The summed E-state index contributed by atoms with van der Waals surface area (Å²) in [5.74, 6) is -2.34. The molecule has 0 amide bonds. The topological polar surface area (TPSA) is 6.48 Å². The first-order chi connectivity index (χ1) is 23.0. The van der Waals surface area contributed by atoms with E-state index in [4.69, 9.17) is 0 Å². The van der Waals surface area contributed by atoms with Gasteiger partial charge in [0.2, 0.25) is 0 Å². The number of hydrogen-bond donors (Lipinski definition) is 0. The van der Waals surface area contributed by atoms with Gasteiger partial charge in [-0.3, -0.25) is 12.2 Å². The van der Waals surface area contributed by atoms with E-state index in [1.54, 1.807) is 30.6 Å². The van der Waals surface area contributed by atoms with Gasteiger partial charge in [-0.25, -0.2) is 41.9 Å². The quantitative estimate of drug-likeness (QED) is 0.177. The molecule has 0 saturated carbocycles. The molecule has 2 aromatic rings. The van der Waals surface area contributed by atoms with Gasteiger partial charge in [-0.1, -0.05) is 44.7 Å². The first-order valence-electron chi connectivity index (χ1n) is 17.8. The molecule has 2 nitrogen and oxygen atoms in total. The van der Waals surface area contributed by atoms with E-state index in [1.165, 1.54) is 24.2 Å². The van der Waals surface area contributed by atoms with E-state index >= 15 is 0 Å². The summed E-state index contributed by atoms with van der Waals surface area (Å²) in [6.45, 7) is 17.8. The minimum Gasteiger partial charge on any atom is -0.447 e. The van der Waals surface area contributed by atoms with Crippen molar-refractivity contribution in [2.24, 2.45) is 0 Å². The van der Waals surface area contributed by atoms with Crippen molar-refractivity contribution in [1.82, 2.24) is 0 Å². The van der Waals surface area contributed by atoms with Crippen LogP contribution in [0.2, 0.25) is 50.4 Å². The molecule has 3 fully saturated rings. The summed E-state index contributed by atoms with van der Waals surface area (Å²) in [5, 5.41) is 0. The van der Waals surface area contributed by atoms with Crippen molar-refractivity contribution in [3.63, 3.8) is 0 Å². The van der Waals surface area contributed by atoms with Crippen molar-refractivity contribution < 1.29 is 39.3 Å². The van der Waals surface area contributed by atoms with Crippen molar-refractivity contribution in [3.05, 3.63) is 108 Å². The summed E-state index contributed by atoms with van der Waals surface area (Å²) in [4.78, 5) is 0. The van der Waals surface area contributed by atoms with E-state index in [1.807, 2.05) is 24.3 Å². The summed E-state index contributed by atoms with van der Waals surface area (Å²) in [5.41, 5.74) is 1.10. The minimum absolute atomic E-state index is 0. The molecular formula is C37H56F4N2Si6Ti. The van der Waals surface area contributed by atoms with Gasteiger partial charge in [0.1, 0.15) is 15.5 Å². The van der Waals surface area contributed by atoms with Crippen LogP contribution < -0.4 is 9.13 Å². The van der Waals surface area contributed by atoms with E-state index in [9.17, 15) is 17.6 Å². The van der Waals surface area contributed by atoms with Crippen molar-refractivity contribution in [2.45, 2.75) is 108 Å². The number of hydrogen-bond acceptors (Lipinski definition) is 2. The summed E-state index contributed by atoms with van der Waals surface area (Å²) >= 11 is 0. The van der Waals surface area contributed by atoms with Crippen LogP contribution in [0.3, 0.4) is 0 Å². The molecule has 3 heterocycles. The third kappa shape index (κ3) is 13.3. The number of rotatable bonds is 2. The fraction of sp³-hybridized carbons (Fsp3) is 0.459. The van der Waals surface area contributed by atoms with Crippen LogP contribution in [0.4, 0.5) is 28.9 Å². The van der Waals surface area contributed by atoms with E-state index in [2.05, 4.69) is 99.5 Å². The summed E-state index contributed by atoms with van der Waals surface area (Å²) < 4.78 is 58.1. The van der Waals surface area contributed by atoms with Crippen LogP contribution in [0.15, 0.2) is 60.7 Å². The molecule has 0 unspecified atom stereocenters. The largest absolute Gasteiger partial charge is 4.00 e. The average Bonchev–Trinajstić information content (AvgIpc) is 3.87. The second-order valence-electron chi connectivity index (χ2n) is 15.7. The van der Waals surface area contributed by atoms with E-state index < -0.39 is 38.8 Å². The molecule has 0 atom stereocenters. The molecule has 50 heavy (non-hydrogen) atoms. The van der Waals surface area contributed by atoms with Gasteiger partial charge in [0.25, 0.3) is 0 Å². The predicted molar refractivity (Wildman–Crippen MR) is 220 cm³/mol. The van der Waals surface area contributed by atoms with Gasteiger partial charge in [0.05, 0.1) is 0 Å². The van der Waals surface area contributed by atoms with Crippen molar-refractivity contribution in [1.29, 1.82) is 0 Å². The molecule has 0 bridgehead atoms. The molecule has 3 saturated heterocycles. The van der Waals surface area contributed by atoms with Crippen LogP contribution in [0.1, 0.15) is 47.0 Å². The van der Waals surface area contributed by atoms with Crippen LogP contribution in [-0.2, 0) is 21.7 Å². The fourth-order valence-electron chi connectivity index (χ4n) is 7.40. The van der Waals surface area contributed by atoms with Crippen molar-refractivity contribution in [2.75, 3.05) is 9.13 Å². The average molecular weight is 821 g/mol. The molecule has 0 N–H and O–H groups in total. The van der Waals surface area contributed by atoms with Gasteiger partial charge in [0, 0.05) is 70.5 Å². The van der Waals surface area contributed by atoms with Crippen LogP contribution in [0, 0.1) is 47.6 Å². The van der Waals surface area contributed by atoms with E-state index in [0.29, 0.717) is 29.4 Å². The van der Waals surface area contributed by atoms with E-state index in [0.717, 1.165) is 12.8 Å². The van der Waals surface area contributed by atoms with Gasteiger partial charge in [-0.2, -0.15) is 12.2 Å². The Bertz CT molecular complexity index is 1330. The molecule has 0 spiro atoms. The molecule has 270 valence electrons. The standard InChI is InChI=1S/2C12H18F2NSi2.2C5H5.C3H10Si2.Ti/c2*1-12(2)8-16-17(3,4)15(12)11-6-5-9(13)7-10(11)14;3*1-2-4-5-3-1;/h2*5-6H,8,16H2,1-4H3;2*1-3H,4H2;1-5H2;/q4*-1;;+4. The van der Waals surface area contributed by atoms with Crippen molar-refractivity contribution >= 4 is 63.0 Å². The van der Waals surface area contributed by atoms with E-state index in [-0.39, 0.29) is 50.9 Å². The smallest absolute Gasteiger partial charge is 0.447 e. The molecular weight excluding hydrogens is 765 g/mol. The zero-order valence-electron chi connectivity index (χ0n) is 31.5. The normalized spacial score (nSPS) is 22.7. The molecule has 2 aliphatic carbocycles. The van der Waals surface area contributed by atoms with Crippen LogP contribution in [0.5, 0.6) is 0 Å². The maximum Gasteiger partial charge on any atom is 4.00 e. The van der Waals surface area contributed by atoms with Crippen LogP contribution >= 0.6 is 0 Å².